The molecule has 4 aliphatic carbocycles. The first-order chi connectivity index (χ1) is 68.1. The summed E-state index contributed by atoms with van der Waals surface area (Å²) in [5.41, 5.74) is 3.15. The van der Waals surface area contributed by atoms with Crippen molar-refractivity contribution in [1.82, 2.24) is 61.1 Å². The number of halogens is 6. The Morgan fingerprint density at radius 3 is 0.986 bits per heavy atom. The summed E-state index contributed by atoms with van der Waals surface area (Å²) in [4.78, 5) is 152. The maximum absolute atomic E-state index is 13.8. The number of rotatable bonds is 23. The number of alkyl halides is 6. The van der Waals surface area contributed by atoms with Gasteiger partial charge in [-0.2, -0.15) is 19.9 Å². The zero-order valence-electron chi connectivity index (χ0n) is 84.2. The molecule has 1 unspecified atom stereocenters. The third kappa shape index (κ3) is 22.8. The van der Waals surface area contributed by atoms with Crippen LogP contribution in [0.4, 0.5) is 119 Å². The largest absolute Gasteiger partial charge is 0.495 e. The van der Waals surface area contributed by atoms with E-state index in [1.807, 2.05) is 18.7 Å². The lowest BCUT2D eigenvalue weighted by atomic mass is 9.84. The molecule has 6 aliphatic heterocycles. The molecule has 18 rings (SSSR count). The van der Waals surface area contributed by atoms with E-state index in [4.69, 9.17) is 33.4 Å². The van der Waals surface area contributed by atoms with Crippen molar-refractivity contribution in [3.63, 3.8) is 0 Å². The smallest absolute Gasteiger partial charge is 0.253 e. The fourth-order valence-corrected chi connectivity index (χ4v) is 19.3. The van der Waals surface area contributed by atoms with Gasteiger partial charge in [0.05, 0.1) is 110 Å². The van der Waals surface area contributed by atoms with Crippen LogP contribution in [0.2, 0.25) is 0 Å². The highest BCUT2D eigenvalue weighted by molar-refractivity contribution is 6.05. The number of hydrogen-bond acceptors (Lipinski definition) is 30. The van der Waals surface area contributed by atoms with Gasteiger partial charge in [0.2, 0.25) is 47.4 Å². The molecule has 8 aromatic rings. The number of ether oxygens (including phenoxy) is 6. The summed E-state index contributed by atoms with van der Waals surface area (Å²) in [5.74, 6) is -5.39. The standard InChI is InChI=1S/C27H34F2N6O4.C27H36N6O4.2C23H28F2N6O3/c1-26(2)15-35(18-12-27(28,29)13-18)22-20(34(3)24(26)37)14-30-25(33-22)32-19-6-5-16(11-21(19)38-4)23(36)31-17-7-9-39-10-8-17;1-27(2)16-33(19-7-5-6-8-19)23-21(32(3)25(27)35)14-28-26(31-23)30-20-10-9-17(13-22(20)36-4)24(34)29-18-11-12-37-15-18;1-22(2)12-31(11-14-9-23(14,24)25)18-16(30(4)20(22)33)10-27-21(29-18)28-15-7-6-13(19(32)26-3)8-17(15)34-5;1-22(2)12-31(14-9-23(24,25)10-14)18-16(30(4)20(22)33)11-27-21(29-18)28-15-7-6-13(19(32)26-3)8-17(15)34-5/h5-6,11,14,17-18H,7-10,12-13,15H2,1-4H3,(H,31,36)(H,30,32,33);9-10,13-14,18-19H,5-8,11-12,15-16H2,1-4H3,(H,29,34)(H,28,30,31);6-8,10,14H,9,11-12H2,1-5H3,(H,26,32)(H,27,28,29);6-8,11,14H,9-10,12H2,1-5H3,(H,26,32)(H,27,28,29)/t;18-;;/m.0../s1. The molecule has 0 spiro atoms. The molecule has 0 bridgehead atoms. The first kappa shape index (κ1) is 104. The van der Waals surface area contributed by atoms with E-state index in [1.54, 1.807) is 171 Å². The molecule has 6 fully saturated rings. The van der Waals surface area contributed by atoms with Crippen molar-refractivity contribution < 1.29 is 93.1 Å². The maximum Gasteiger partial charge on any atom is 0.253 e. The number of amides is 8. The van der Waals surface area contributed by atoms with E-state index in [2.05, 4.69) is 82.3 Å². The summed E-state index contributed by atoms with van der Waals surface area (Å²) in [6.45, 7) is 18.7. The Morgan fingerprint density at radius 2 is 0.681 bits per heavy atom. The number of hydrogen-bond donors (Lipinski definition) is 8. The number of carbonyl (C=O) groups excluding carboxylic acids is 8. The molecular weight excluding hydrogens is 1880 g/mol. The van der Waals surface area contributed by atoms with Crippen LogP contribution in [-0.4, -0.2) is 265 Å². The summed E-state index contributed by atoms with van der Waals surface area (Å²) in [5, 5.41) is 23.7. The van der Waals surface area contributed by atoms with Gasteiger partial charge >= 0.3 is 0 Å². The van der Waals surface area contributed by atoms with Gasteiger partial charge < -0.3 is 110 Å². The SMILES string of the molecule is CNC(=O)c1ccc(Nc2ncc3c(n2)N(C2CC(F)(F)C2)CC(C)(C)C(=O)N3C)c(OC)c1.CNC(=O)c1ccc(Nc2ncc3c(n2)N(CC2CC2(F)F)CC(C)(C)C(=O)N3C)c(OC)c1.COc1cc(C(=O)NC2CCOCC2)ccc1Nc1ncc2c(n1)N(C1CC(F)(F)C1)CC(C)(C)C(=O)N2C.COc1cc(C(=O)N[C@H]2CCOC2)ccc1Nc1ncc2c(n1)N(C1CCCC1)CC(C)(C)C(=O)N2C. The van der Waals surface area contributed by atoms with Crippen LogP contribution in [0.1, 0.15) is 174 Å². The van der Waals surface area contributed by atoms with Gasteiger partial charge in [0, 0.05) is 179 Å². The Kier molecular flexibility index (Phi) is 30.3. The highest BCUT2D eigenvalue weighted by Gasteiger charge is 2.59. The third-order valence-corrected chi connectivity index (χ3v) is 27.7. The summed E-state index contributed by atoms with van der Waals surface area (Å²) in [6, 6.07) is 19.6. The van der Waals surface area contributed by atoms with Gasteiger partial charge in [-0.25, -0.2) is 46.3 Å². The molecule has 144 heavy (non-hydrogen) atoms. The molecule has 4 aromatic heterocycles. The lowest BCUT2D eigenvalue weighted by Crippen LogP contribution is -2.54. The van der Waals surface area contributed by atoms with Crippen LogP contribution in [0.3, 0.4) is 0 Å². The molecule has 4 aromatic carbocycles. The van der Waals surface area contributed by atoms with Crippen molar-refractivity contribution in [2.45, 2.75) is 180 Å². The van der Waals surface area contributed by atoms with Gasteiger partial charge in [0.15, 0.2) is 23.3 Å². The molecular formula is C100H126F6N24O14. The molecule has 38 nitrogen and oxygen atoms in total. The van der Waals surface area contributed by atoms with Gasteiger partial charge in [0.1, 0.15) is 45.7 Å². The molecule has 10 aliphatic rings. The van der Waals surface area contributed by atoms with Crippen molar-refractivity contribution in [1.29, 1.82) is 0 Å². The fourth-order valence-electron chi connectivity index (χ4n) is 19.3. The van der Waals surface area contributed by atoms with Gasteiger partial charge in [-0.3, -0.25) is 38.4 Å². The Labute approximate surface area is 831 Å². The van der Waals surface area contributed by atoms with E-state index in [-0.39, 0.29) is 135 Å². The van der Waals surface area contributed by atoms with E-state index in [9.17, 15) is 64.7 Å². The molecule has 772 valence electrons. The summed E-state index contributed by atoms with van der Waals surface area (Å²) < 4.78 is 115. The van der Waals surface area contributed by atoms with Crippen molar-refractivity contribution in [2.75, 3.05) is 190 Å². The van der Waals surface area contributed by atoms with Crippen LogP contribution in [0.15, 0.2) is 97.6 Å². The summed E-state index contributed by atoms with van der Waals surface area (Å²) in [7, 11) is 15.8. The third-order valence-electron chi connectivity index (χ3n) is 27.7. The average Bonchev–Trinajstić information content (AvgIpc) is 1.57. The van der Waals surface area contributed by atoms with Crippen LogP contribution >= 0.6 is 0 Å². The van der Waals surface area contributed by atoms with E-state index < -0.39 is 57.4 Å². The van der Waals surface area contributed by atoms with Crippen molar-refractivity contribution in [3.05, 3.63) is 120 Å². The molecule has 8 N–H and O–H groups in total. The quantitative estimate of drug-likeness (QED) is 0.0276. The predicted molar refractivity (Wildman–Crippen MR) is 532 cm³/mol. The number of nitrogens with zero attached hydrogens (tertiary/aromatic N) is 16. The van der Waals surface area contributed by atoms with E-state index in [1.165, 1.54) is 81.6 Å². The van der Waals surface area contributed by atoms with Gasteiger partial charge in [-0.1, -0.05) is 12.8 Å². The topological polar surface area (TPSA) is 417 Å². The number of aromatic nitrogens is 8. The Morgan fingerprint density at radius 1 is 0.389 bits per heavy atom. The number of carbonyl (C=O) groups is 8. The number of nitrogens with one attached hydrogen (secondary N) is 8. The first-order valence-electron chi connectivity index (χ1n) is 48.0. The minimum atomic E-state index is -2.72. The first-order valence-corrected chi connectivity index (χ1v) is 48.0. The Balaban J connectivity index is 0.000000145. The number of fused-ring (bicyclic) bond motifs is 4. The number of methoxy groups -OCH3 is 4. The van der Waals surface area contributed by atoms with Crippen molar-refractivity contribution >= 4 is 140 Å². The highest BCUT2D eigenvalue weighted by Crippen LogP contribution is 2.53. The van der Waals surface area contributed by atoms with Crippen LogP contribution in [-0.2, 0) is 28.7 Å². The van der Waals surface area contributed by atoms with Crippen LogP contribution in [0.25, 0.3) is 0 Å². The zero-order valence-corrected chi connectivity index (χ0v) is 84.2. The van der Waals surface area contributed by atoms with E-state index in [0.717, 1.165) is 37.9 Å². The molecule has 4 saturated carbocycles. The van der Waals surface area contributed by atoms with Crippen molar-refractivity contribution in [2.24, 2.45) is 27.6 Å². The van der Waals surface area contributed by atoms with E-state index in [0.29, 0.717) is 153 Å². The fraction of sp³-hybridized carbons (Fsp3) is 0.520. The number of benzene rings is 4. The summed E-state index contributed by atoms with van der Waals surface area (Å²) in [6.07, 6.45) is 11.8. The summed E-state index contributed by atoms with van der Waals surface area (Å²) >= 11 is 0. The molecule has 44 heteroatoms. The van der Waals surface area contributed by atoms with Crippen LogP contribution < -0.4 is 101 Å². The molecule has 2 atom stereocenters. The van der Waals surface area contributed by atoms with E-state index >= 15 is 0 Å². The maximum atomic E-state index is 13.8. The monoisotopic (exact) mass is 2000 g/mol. The second-order valence-electron chi connectivity index (χ2n) is 40.5. The molecule has 0 radical (unpaired) electrons. The molecule has 2 saturated heterocycles. The molecule has 10 heterocycles. The minimum absolute atomic E-state index is 0.0297. The van der Waals surface area contributed by atoms with Gasteiger partial charge in [-0.05, 0) is 160 Å². The normalized spacial score (nSPS) is 20.5. The van der Waals surface area contributed by atoms with Crippen LogP contribution in [0.5, 0.6) is 23.0 Å². The second-order valence-corrected chi connectivity index (χ2v) is 40.5. The second kappa shape index (κ2) is 41.8. The number of anilines is 16. The lowest BCUT2D eigenvalue weighted by molar-refractivity contribution is -0.126. The highest BCUT2D eigenvalue weighted by atomic mass is 19.3. The predicted octanol–water partition coefficient (Wildman–Crippen LogP) is 13.5. The van der Waals surface area contributed by atoms with Crippen LogP contribution in [0, 0.1) is 27.6 Å². The molecule has 8 amide bonds. The van der Waals surface area contributed by atoms with Crippen molar-refractivity contribution in [3.8, 4) is 23.0 Å². The van der Waals surface area contributed by atoms with Gasteiger partial charge in [0.25, 0.3) is 41.4 Å². The minimum Gasteiger partial charge on any atom is -0.495 e. The average molecular weight is 2000 g/mol. The lowest BCUT2D eigenvalue weighted by Gasteiger charge is -2.44. The Bertz CT molecular complexity index is 6160. The zero-order chi connectivity index (χ0) is 104. The van der Waals surface area contributed by atoms with Gasteiger partial charge in [-0.15, -0.1) is 0 Å². The Hall–Kier alpha value is -13.9.